The first kappa shape index (κ1) is 9.54. The minimum atomic E-state index is 0.523. The molecule has 0 saturated carbocycles. The van der Waals surface area contributed by atoms with Gasteiger partial charge in [-0.1, -0.05) is 0 Å². The molecule has 70 valence electrons. The van der Waals surface area contributed by atoms with E-state index in [-0.39, 0.29) is 0 Å². The molecule has 13 heavy (non-hydrogen) atoms. The molecule has 4 nitrogen and oxygen atoms in total. The van der Waals surface area contributed by atoms with E-state index in [0.717, 1.165) is 6.29 Å². The van der Waals surface area contributed by atoms with Crippen LogP contribution in [0.25, 0.3) is 0 Å². The molecular weight excluding hydrogens is 168 g/mol. The summed E-state index contributed by atoms with van der Waals surface area (Å²) in [5.41, 5.74) is 3.73. The number of nitrogens with one attached hydrogen (secondary N) is 1. The van der Waals surface area contributed by atoms with Crippen LogP contribution in [0, 0.1) is 0 Å². The predicted molar refractivity (Wildman–Crippen MR) is 50.8 cm³/mol. The highest BCUT2D eigenvalue weighted by Gasteiger charge is 2.02. The van der Waals surface area contributed by atoms with Crippen molar-refractivity contribution in [3.8, 4) is 5.75 Å². The van der Waals surface area contributed by atoms with Gasteiger partial charge in [0.25, 0.3) is 0 Å². The van der Waals surface area contributed by atoms with Crippen LogP contribution >= 0.6 is 0 Å². The van der Waals surface area contributed by atoms with Crippen LogP contribution in [0.15, 0.2) is 18.2 Å². The number of anilines is 1. The Labute approximate surface area is 76.7 Å². The maximum Gasteiger partial charge on any atom is 0.153 e. The Morgan fingerprint density at radius 2 is 2.38 bits per heavy atom. The van der Waals surface area contributed by atoms with E-state index in [9.17, 15) is 4.79 Å². The monoisotopic (exact) mass is 180 g/mol. The Bertz CT molecular complexity index is 300. The van der Waals surface area contributed by atoms with Gasteiger partial charge in [0.1, 0.15) is 5.75 Å². The smallest absolute Gasteiger partial charge is 0.153 e. The fraction of sp³-hybridized carbons (Fsp3) is 0.222. The molecule has 0 unspecified atom stereocenters. The lowest BCUT2D eigenvalue weighted by Crippen LogP contribution is -2.07. The average Bonchev–Trinajstić information content (AvgIpc) is 2.18. The Hall–Kier alpha value is -1.55. The van der Waals surface area contributed by atoms with Gasteiger partial charge in [-0.15, -0.1) is 0 Å². The van der Waals surface area contributed by atoms with Crippen LogP contribution < -0.4 is 16.0 Å². The topological polar surface area (TPSA) is 64.3 Å². The molecular formula is C9H12N2O2. The number of nitrogen functional groups attached to an aromatic ring is 1. The molecule has 0 heterocycles. The second kappa shape index (κ2) is 4.47. The van der Waals surface area contributed by atoms with Crippen molar-refractivity contribution in [1.82, 2.24) is 0 Å². The van der Waals surface area contributed by atoms with Crippen LogP contribution in [-0.2, 0) is 0 Å². The molecule has 0 amide bonds. The van der Waals surface area contributed by atoms with Gasteiger partial charge in [-0.25, -0.2) is 0 Å². The van der Waals surface area contributed by atoms with Crippen LogP contribution in [0.3, 0.4) is 0 Å². The van der Waals surface area contributed by atoms with Crippen LogP contribution in [-0.4, -0.2) is 12.9 Å². The summed E-state index contributed by atoms with van der Waals surface area (Å²) in [7, 11) is 0. The summed E-state index contributed by atoms with van der Waals surface area (Å²) in [5, 5.41) is 0. The van der Waals surface area contributed by atoms with Gasteiger partial charge in [-0.05, 0) is 19.1 Å². The molecule has 0 aliphatic heterocycles. The number of benzene rings is 1. The lowest BCUT2D eigenvalue weighted by atomic mass is 10.2. The molecule has 0 aromatic heterocycles. The van der Waals surface area contributed by atoms with Gasteiger partial charge in [-0.2, -0.15) is 0 Å². The number of hydrogen-bond acceptors (Lipinski definition) is 4. The van der Waals surface area contributed by atoms with E-state index in [1.807, 2.05) is 6.92 Å². The van der Waals surface area contributed by atoms with E-state index in [4.69, 9.17) is 10.6 Å². The van der Waals surface area contributed by atoms with Crippen molar-refractivity contribution in [3.63, 3.8) is 0 Å². The largest absolute Gasteiger partial charge is 0.493 e. The molecule has 1 aromatic carbocycles. The summed E-state index contributed by atoms with van der Waals surface area (Å²) in [6, 6.07) is 5.06. The first-order valence-electron chi connectivity index (χ1n) is 4.00. The Morgan fingerprint density at radius 1 is 1.62 bits per heavy atom. The molecule has 0 fully saturated rings. The van der Waals surface area contributed by atoms with Gasteiger partial charge in [-0.3, -0.25) is 10.6 Å². The third kappa shape index (κ3) is 2.19. The fourth-order valence-corrected chi connectivity index (χ4v) is 1.00. The van der Waals surface area contributed by atoms with Crippen LogP contribution in [0.1, 0.15) is 17.3 Å². The highest BCUT2D eigenvalue weighted by Crippen LogP contribution is 2.21. The van der Waals surface area contributed by atoms with Gasteiger partial charge < -0.3 is 10.2 Å². The Morgan fingerprint density at radius 3 is 2.92 bits per heavy atom. The van der Waals surface area contributed by atoms with Crippen LogP contribution in [0.2, 0.25) is 0 Å². The number of carbonyl (C=O) groups is 1. The van der Waals surface area contributed by atoms with Gasteiger partial charge in [0.2, 0.25) is 0 Å². The molecule has 0 aliphatic rings. The zero-order valence-electron chi connectivity index (χ0n) is 7.41. The van der Waals surface area contributed by atoms with Gasteiger partial charge >= 0.3 is 0 Å². The molecule has 4 heteroatoms. The maximum atomic E-state index is 10.6. The summed E-state index contributed by atoms with van der Waals surface area (Å²) in [4.78, 5) is 10.6. The molecule has 0 radical (unpaired) electrons. The van der Waals surface area contributed by atoms with E-state index < -0.39 is 0 Å². The summed E-state index contributed by atoms with van der Waals surface area (Å²) in [6.45, 7) is 2.38. The van der Waals surface area contributed by atoms with Crippen molar-refractivity contribution in [3.05, 3.63) is 23.8 Å². The van der Waals surface area contributed by atoms with Crippen LogP contribution in [0.5, 0.6) is 5.75 Å². The number of aldehydes is 1. The van der Waals surface area contributed by atoms with Gasteiger partial charge in [0.05, 0.1) is 17.9 Å². The SMILES string of the molecule is CCOc1cc(NN)ccc1C=O. The number of hydrogen-bond donors (Lipinski definition) is 2. The fourth-order valence-electron chi connectivity index (χ4n) is 1.00. The third-order valence-electron chi connectivity index (χ3n) is 1.61. The van der Waals surface area contributed by atoms with Crippen molar-refractivity contribution in [2.75, 3.05) is 12.0 Å². The molecule has 3 N–H and O–H groups in total. The van der Waals surface area contributed by atoms with E-state index in [1.54, 1.807) is 18.2 Å². The maximum absolute atomic E-state index is 10.6. The summed E-state index contributed by atoms with van der Waals surface area (Å²) in [6.07, 6.45) is 0.755. The molecule has 0 aliphatic carbocycles. The molecule has 0 bridgehead atoms. The highest BCUT2D eigenvalue weighted by atomic mass is 16.5. The van der Waals surface area contributed by atoms with Crippen molar-refractivity contribution in [1.29, 1.82) is 0 Å². The molecule has 1 aromatic rings. The first-order chi connectivity index (χ1) is 6.31. The quantitative estimate of drug-likeness (QED) is 0.415. The standard InChI is InChI=1S/C9H12N2O2/c1-2-13-9-5-8(11-10)4-3-7(9)6-12/h3-6,11H,2,10H2,1H3. The first-order valence-corrected chi connectivity index (χ1v) is 4.00. The van der Waals surface area contributed by atoms with Crippen molar-refractivity contribution >= 4 is 12.0 Å². The van der Waals surface area contributed by atoms with Crippen molar-refractivity contribution in [2.24, 2.45) is 5.84 Å². The minimum absolute atomic E-state index is 0.523. The normalized spacial score (nSPS) is 9.38. The lowest BCUT2D eigenvalue weighted by molar-refractivity contribution is 0.112. The zero-order valence-corrected chi connectivity index (χ0v) is 7.41. The van der Waals surface area contributed by atoms with Gasteiger partial charge in [0.15, 0.2) is 6.29 Å². The van der Waals surface area contributed by atoms with E-state index >= 15 is 0 Å². The third-order valence-corrected chi connectivity index (χ3v) is 1.61. The van der Waals surface area contributed by atoms with E-state index in [2.05, 4.69) is 5.43 Å². The van der Waals surface area contributed by atoms with E-state index in [1.165, 1.54) is 0 Å². The lowest BCUT2D eigenvalue weighted by Gasteiger charge is -2.07. The summed E-state index contributed by atoms with van der Waals surface area (Å²) in [5.74, 6) is 5.76. The highest BCUT2D eigenvalue weighted by molar-refractivity contribution is 5.80. The second-order valence-corrected chi connectivity index (χ2v) is 2.45. The summed E-state index contributed by atoms with van der Waals surface area (Å²) >= 11 is 0. The predicted octanol–water partition coefficient (Wildman–Crippen LogP) is 1.18. The Kier molecular flexibility index (Phi) is 3.28. The molecule has 1 rings (SSSR count). The minimum Gasteiger partial charge on any atom is -0.493 e. The van der Waals surface area contributed by atoms with Crippen molar-refractivity contribution < 1.29 is 9.53 Å². The second-order valence-electron chi connectivity index (χ2n) is 2.45. The summed E-state index contributed by atoms with van der Waals surface area (Å²) < 4.78 is 5.24. The molecule has 0 spiro atoms. The number of hydrazine groups is 1. The Balaban J connectivity index is 3.02. The number of ether oxygens (including phenoxy) is 1. The van der Waals surface area contributed by atoms with Crippen molar-refractivity contribution in [2.45, 2.75) is 6.92 Å². The van der Waals surface area contributed by atoms with Gasteiger partial charge in [0, 0.05) is 6.07 Å². The average molecular weight is 180 g/mol. The number of nitrogens with two attached hydrogens (primary N) is 1. The van der Waals surface area contributed by atoms with E-state index in [0.29, 0.717) is 23.6 Å². The molecule has 0 saturated heterocycles. The molecule has 0 atom stereocenters. The zero-order chi connectivity index (χ0) is 9.68. The number of carbonyl (C=O) groups excluding carboxylic acids is 1. The number of rotatable bonds is 4. The van der Waals surface area contributed by atoms with Crippen LogP contribution in [0.4, 0.5) is 5.69 Å².